The Balaban J connectivity index is 3.16. The first-order chi connectivity index (χ1) is 6.36. The van der Waals surface area contributed by atoms with Gasteiger partial charge >= 0.3 is 0 Å². The Morgan fingerprint density at radius 2 is 1.93 bits per heavy atom. The Hall–Kier alpha value is -0.760. The van der Waals surface area contributed by atoms with Gasteiger partial charge in [0.2, 0.25) is 0 Å². The first-order valence-electron chi connectivity index (χ1n) is 5.19. The van der Waals surface area contributed by atoms with Crippen LogP contribution < -0.4 is 5.73 Å². The van der Waals surface area contributed by atoms with Gasteiger partial charge in [-0.2, -0.15) is 0 Å². The number of hydrogen-bond acceptors (Lipinski definition) is 2. The number of rotatable bonds is 2. The molecule has 2 nitrogen and oxygen atoms in total. The Labute approximate surface area is 86.5 Å². The van der Waals surface area contributed by atoms with E-state index in [0.717, 1.165) is 17.1 Å². The summed E-state index contributed by atoms with van der Waals surface area (Å²) < 4.78 is 5.85. The van der Waals surface area contributed by atoms with Crippen LogP contribution >= 0.6 is 0 Å². The smallest absolute Gasteiger partial charge is 0.113 e. The molecular weight excluding hydrogens is 174 g/mol. The average molecular weight is 195 g/mol. The standard InChI is InChI=1S/C12H21NO/c1-8(2)10-6-9(7-13)11(14-10)12(3,4)5/h6,8H,7,13H2,1-5H3. The fraction of sp³-hybridized carbons (Fsp3) is 0.667. The summed E-state index contributed by atoms with van der Waals surface area (Å²) in [5.74, 6) is 2.50. The van der Waals surface area contributed by atoms with Crippen molar-refractivity contribution in [2.75, 3.05) is 0 Å². The maximum absolute atomic E-state index is 5.85. The van der Waals surface area contributed by atoms with Crippen LogP contribution in [0.4, 0.5) is 0 Å². The van der Waals surface area contributed by atoms with Gasteiger partial charge in [0.25, 0.3) is 0 Å². The van der Waals surface area contributed by atoms with E-state index in [1.807, 2.05) is 0 Å². The summed E-state index contributed by atoms with van der Waals surface area (Å²) in [4.78, 5) is 0. The molecule has 0 saturated heterocycles. The molecule has 1 heterocycles. The van der Waals surface area contributed by atoms with Gasteiger partial charge < -0.3 is 10.2 Å². The first kappa shape index (κ1) is 11.3. The van der Waals surface area contributed by atoms with Crippen molar-refractivity contribution < 1.29 is 4.42 Å². The van der Waals surface area contributed by atoms with Gasteiger partial charge in [-0.3, -0.25) is 0 Å². The molecule has 0 atom stereocenters. The van der Waals surface area contributed by atoms with Gasteiger partial charge in [0.05, 0.1) is 0 Å². The molecule has 0 aliphatic carbocycles. The Kier molecular flexibility index (Phi) is 3.05. The van der Waals surface area contributed by atoms with E-state index < -0.39 is 0 Å². The van der Waals surface area contributed by atoms with E-state index in [0.29, 0.717) is 12.5 Å². The zero-order chi connectivity index (χ0) is 10.9. The Morgan fingerprint density at radius 3 is 2.21 bits per heavy atom. The lowest BCUT2D eigenvalue weighted by atomic mass is 9.90. The predicted molar refractivity (Wildman–Crippen MR) is 59.4 cm³/mol. The van der Waals surface area contributed by atoms with Crippen molar-refractivity contribution in [3.05, 3.63) is 23.2 Å². The molecule has 1 aromatic heterocycles. The fourth-order valence-electron chi connectivity index (χ4n) is 1.52. The van der Waals surface area contributed by atoms with E-state index in [9.17, 15) is 0 Å². The molecule has 0 fully saturated rings. The summed E-state index contributed by atoms with van der Waals surface area (Å²) in [5, 5.41) is 0. The van der Waals surface area contributed by atoms with Gasteiger partial charge in [-0.05, 0) is 6.07 Å². The van der Waals surface area contributed by atoms with Crippen LogP contribution in [-0.2, 0) is 12.0 Å². The average Bonchev–Trinajstić information content (AvgIpc) is 2.46. The lowest BCUT2D eigenvalue weighted by Crippen LogP contribution is -2.13. The van der Waals surface area contributed by atoms with Gasteiger partial charge in [-0.15, -0.1) is 0 Å². The molecule has 0 bridgehead atoms. The maximum atomic E-state index is 5.85. The van der Waals surface area contributed by atoms with E-state index in [1.165, 1.54) is 0 Å². The lowest BCUT2D eigenvalue weighted by molar-refractivity contribution is 0.374. The van der Waals surface area contributed by atoms with Gasteiger partial charge in [-0.25, -0.2) is 0 Å². The second-order valence-electron chi connectivity index (χ2n) is 5.11. The summed E-state index contributed by atoms with van der Waals surface area (Å²) >= 11 is 0. The highest BCUT2D eigenvalue weighted by atomic mass is 16.3. The summed E-state index contributed by atoms with van der Waals surface area (Å²) in [7, 11) is 0. The van der Waals surface area contributed by atoms with Crippen molar-refractivity contribution in [2.45, 2.75) is 52.5 Å². The predicted octanol–water partition coefficient (Wildman–Crippen LogP) is 3.16. The topological polar surface area (TPSA) is 39.2 Å². The van der Waals surface area contributed by atoms with Crippen molar-refractivity contribution in [1.82, 2.24) is 0 Å². The minimum atomic E-state index is 0.0435. The number of nitrogens with two attached hydrogens (primary N) is 1. The molecule has 0 spiro atoms. The molecule has 0 saturated carbocycles. The molecular formula is C12H21NO. The van der Waals surface area contributed by atoms with Crippen LogP contribution in [-0.4, -0.2) is 0 Å². The number of hydrogen-bond donors (Lipinski definition) is 1. The van der Waals surface area contributed by atoms with Crippen LogP contribution in [0.25, 0.3) is 0 Å². The van der Waals surface area contributed by atoms with Crippen molar-refractivity contribution in [3.8, 4) is 0 Å². The second kappa shape index (κ2) is 3.77. The molecule has 0 unspecified atom stereocenters. The summed E-state index contributed by atoms with van der Waals surface area (Å²) in [6, 6.07) is 2.09. The third kappa shape index (κ3) is 2.18. The lowest BCUT2D eigenvalue weighted by Gasteiger charge is -2.16. The Morgan fingerprint density at radius 1 is 1.36 bits per heavy atom. The summed E-state index contributed by atoms with van der Waals surface area (Å²) in [5.41, 5.74) is 6.88. The minimum absolute atomic E-state index is 0.0435. The molecule has 80 valence electrons. The second-order valence-corrected chi connectivity index (χ2v) is 5.11. The molecule has 0 radical (unpaired) electrons. The molecule has 1 rings (SSSR count). The van der Waals surface area contributed by atoms with E-state index in [1.54, 1.807) is 0 Å². The molecule has 0 aliphatic rings. The third-order valence-corrected chi connectivity index (χ3v) is 2.30. The first-order valence-corrected chi connectivity index (χ1v) is 5.19. The van der Waals surface area contributed by atoms with Gasteiger partial charge in [0.15, 0.2) is 0 Å². The zero-order valence-electron chi connectivity index (χ0n) is 9.85. The van der Waals surface area contributed by atoms with Crippen LogP contribution in [0.2, 0.25) is 0 Å². The molecule has 0 aromatic carbocycles. The fourth-order valence-corrected chi connectivity index (χ4v) is 1.52. The van der Waals surface area contributed by atoms with E-state index >= 15 is 0 Å². The zero-order valence-corrected chi connectivity index (χ0v) is 9.85. The van der Waals surface area contributed by atoms with Crippen LogP contribution in [0.3, 0.4) is 0 Å². The summed E-state index contributed by atoms with van der Waals surface area (Å²) in [6.45, 7) is 11.3. The third-order valence-electron chi connectivity index (χ3n) is 2.30. The molecule has 0 amide bonds. The quantitative estimate of drug-likeness (QED) is 0.787. The Bertz CT molecular complexity index is 305. The van der Waals surface area contributed by atoms with Crippen LogP contribution in [0.1, 0.15) is 57.6 Å². The number of furan rings is 1. The van der Waals surface area contributed by atoms with Gasteiger partial charge in [0.1, 0.15) is 11.5 Å². The SMILES string of the molecule is CC(C)c1cc(CN)c(C(C)(C)C)o1. The normalized spacial score (nSPS) is 12.5. The van der Waals surface area contributed by atoms with E-state index in [-0.39, 0.29) is 5.41 Å². The van der Waals surface area contributed by atoms with Crippen LogP contribution in [0.15, 0.2) is 10.5 Å². The highest BCUT2D eigenvalue weighted by Crippen LogP contribution is 2.31. The van der Waals surface area contributed by atoms with E-state index in [4.69, 9.17) is 10.2 Å². The molecule has 2 heteroatoms. The van der Waals surface area contributed by atoms with Crippen molar-refractivity contribution in [2.24, 2.45) is 5.73 Å². The van der Waals surface area contributed by atoms with Gasteiger partial charge in [0, 0.05) is 23.4 Å². The van der Waals surface area contributed by atoms with Crippen LogP contribution in [0, 0.1) is 0 Å². The van der Waals surface area contributed by atoms with E-state index in [2.05, 4.69) is 40.7 Å². The monoisotopic (exact) mass is 195 g/mol. The van der Waals surface area contributed by atoms with Crippen LogP contribution in [0.5, 0.6) is 0 Å². The highest BCUT2D eigenvalue weighted by Gasteiger charge is 2.23. The molecule has 2 N–H and O–H groups in total. The largest absolute Gasteiger partial charge is 0.465 e. The molecule has 0 aliphatic heterocycles. The van der Waals surface area contributed by atoms with Gasteiger partial charge in [-0.1, -0.05) is 34.6 Å². The van der Waals surface area contributed by atoms with Crippen molar-refractivity contribution in [3.63, 3.8) is 0 Å². The molecule has 1 aromatic rings. The maximum Gasteiger partial charge on any atom is 0.113 e. The van der Waals surface area contributed by atoms with Crippen molar-refractivity contribution in [1.29, 1.82) is 0 Å². The molecule has 14 heavy (non-hydrogen) atoms. The van der Waals surface area contributed by atoms with Crippen molar-refractivity contribution >= 4 is 0 Å². The highest BCUT2D eigenvalue weighted by molar-refractivity contribution is 5.27. The minimum Gasteiger partial charge on any atom is -0.465 e. The summed E-state index contributed by atoms with van der Waals surface area (Å²) in [6.07, 6.45) is 0.